The number of para-hydroxylation sites is 4. The molecule has 0 fully saturated rings. The van der Waals surface area contributed by atoms with Crippen molar-refractivity contribution in [1.29, 1.82) is 0 Å². The highest BCUT2D eigenvalue weighted by Crippen LogP contribution is 2.33. The van der Waals surface area contributed by atoms with Gasteiger partial charge in [0, 0.05) is 5.39 Å². The van der Waals surface area contributed by atoms with E-state index in [1.54, 1.807) is 54.6 Å². The summed E-state index contributed by atoms with van der Waals surface area (Å²) in [5, 5.41) is 3.98. The molecule has 0 saturated carbocycles. The van der Waals surface area contributed by atoms with Crippen LogP contribution in [0.5, 0.6) is 11.5 Å². The van der Waals surface area contributed by atoms with E-state index in [9.17, 15) is 9.59 Å². The lowest BCUT2D eigenvalue weighted by molar-refractivity contribution is -0.116. The van der Waals surface area contributed by atoms with Crippen molar-refractivity contribution in [2.75, 3.05) is 5.32 Å². The number of nitrogens with zero attached hydrogens (tertiary/aromatic N) is 2. The van der Waals surface area contributed by atoms with Crippen LogP contribution in [0.4, 0.5) is 5.69 Å². The molecule has 0 aliphatic carbocycles. The van der Waals surface area contributed by atoms with Gasteiger partial charge in [0.2, 0.25) is 11.5 Å². The third kappa shape index (κ3) is 3.70. The number of aromatic nitrogens is 2. The highest BCUT2D eigenvalue weighted by molar-refractivity contribution is 6.32. The molecule has 0 spiro atoms. The third-order valence-corrected chi connectivity index (χ3v) is 5.19. The minimum atomic E-state index is -0.429. The predicted octanol–water partition coefficient (Wildman–Crippen LogP) is 5.23. The summed E-state index contributed by atoms with van der Waals surface area (Å²) >= 11 is 6.17. The molecular weight excluding hydrogens is 430 g/mol. The molecule has 0 bridgehead atoms. The van der Waals surface area contributed by atoms with E-state index in [2.05, 4.69) is 10.3 Å². The summed E-state index contributed by atoms with van der Waals surface area (Å²) in [6.45, 7) is -0.237. The van der Waals surface area contributed by atoms with Crippen molar-refractivity contribution in [2.45, 2.75) is 6.54 Å². The molecule has 5 rings (SSSR count). The molecule has 8 heteroatoms. The lowest BCUT2D eigenvalue weighted by Crippen LogP contribution is -2.27. The number of fused-ring (bicyclic) bond motifs is 3. The van der Waals surface area contributed by atoms with Crippen LogP contribution in [0.2, 0.25) is 5.02 Å². The Morgan fingerprint density at radius 2 is 1.72 bits per heavy atom. The van der Waals surface area contributed by atoms with Crippen LogP contribution < -0.4 is 15.6 Å². The average Bonchev–Trinajstić information content (AvgIpc) is 3.18. The van der Waals surface area contributed by atoms with Crippen LogP contribution >= 0.6 is 11.6 Å². The maximum Gasteiger partial charge on any atom is 0.297 e. The number of nitrogens with one attached hydrogen (secondary N) is 1. The number of benzene rings is 3. The quantitative estimate of drug-likeness (QED) is 0.400. The van der Waals surface area contributed by atoms with Gasteiger partial charge >= 0.3 is 0 Å². The average molecular weight is 446 g/mol. The van der Waals surface area contributed by atoms with Crippen LogP contribution in [0.25, 0.3) is 22.1 Å². The zero-order valence-electron chi connectivity index (χ0n) is 16.6. The van der Waals surface area contributed by atoms with E-state index in [1.165, 1.54) is 10.9 Å². The van der Waals surface area contributed by atoms with Gasteiger partial charge in [-0.05, 0) is 36.4 Å². The van der Waals surface area contributed by atoms with Crippen LogP contribution in [0.15, 0.2) is 88.3 Å². The highest BCUT2D eigenvalue weighted by Gasteiger charge is 2.16. The normalized spacial score (nSPS) is 11.0. The van der Waals surface area contributed by atoms with Gasteiger partial charge in [0.25, 0.3) is 5.56 Å². The van der Waals surface area contributed by atoms with Crippen LogP contribution in [0.3, 0.4) is 0 Å². The second-order valence-electron chi connectivity index (χ2n) is 7.03. The number of hydrogen-bond donors (Lipinski definition) is 1. The number of carbonyl (C=O) groups excluding carboxylic acids is 1. The minimum absolute atomic E-state index is 0.115. The largest absolute Gasteiger partial charge is 0.454 e. The number of furan rings is 1. The summed E-state index contributed by atoms with van der Waals surface area (Å²) in [5.74, 6) is 0.471. The van der Waals surface area contributed by atoms with Crippen molar-refractivity contribution in [3.63, 3.8) is 0 Å². The maximum absolute atomic E-state index is 12.8. The molecule has 1 N–H and O–H groups in total. The third-order valence-electron chi connectivity index (χ3n) is 4.88. The fraction of sp³-hybridized carbons (Fsp3) is 0.0417. The molecule has 158 valence electrons. The van der Waals surface area contributed by atoms with Crippen LogP contribution in [-0.4, -0.2) is 15.5 Å². The summed E-state index contributed by atoms with van der Waals surface area (Å²) in [7, 11) is 0. The van der Waals surface area contributed by atoms with E-state index in [-0.39, 0.29) is 12.1 Å². The summed E-state index contributed by atoms with van der Waals surface area (Å²) in [5.41, 5.74) is 1.18. The summed E-state index contributed by atoms with van der Waals surface area (Å²) < 4.78 is 12.7. The van der Waals surface area contributed by atoms with Gasteiger partial charge in [-0.2, -0.15) is 0 Å². The second kappa shape index (κ2) is 8.20. The molecule has 3 aromatic carbocycles. The Kier molecular flexibility index (Phi) is 5.09. The molecule has 2 heterocycles. The Bertz CT molecular complexity index is 1520. The molecule has 2 aromatic heterocycles. The number of amides is 1. The molecule has 5 aromatic rings. The van der Waals surface area contributed by atoms with E-state index < -0.39 is 11.5 Å². The van der Waals surface area contributed by atoms with Gasteiger partial charge < -0.3 is 14.5 Å². The van der Waals surface area contributed by atoms with E-state index in [0.29, 0.717) is 33.3 Å². The van der Waals surface area contributed by atoms with Gasteiger partial charge in [-0.3, -0.25) is 14.2 Å². The minimum Gasteiger partial charge on any atom is -0.454 e. The first-order valence-corrected chi connectivity index (χ1v) is 10.2. The number of ether oxygens (including phenoxy) is 1. The summed E-state index contributed by atoms with van der Waals surface area (Å²) in [6, 6.07) is 21.3. The first kappa shape index (κ1) is 19.8. The van der Waals surface area contributed by atoms with E-state index in [1.807, 2.05) is 18.2 Å². The van der Waals surface area contributed by atoms with Gasteiger partial charge in [0.1, 0.15) is 23.4 Å². The van der Waals surface area contributed by atoms with Gasteiger partial charge in [0.15, 0.2) is 5.75 Å². The lowest BCUT2D eigenvalue weighted by atomic mass is 10.2. The molecule has 0 atom stereocenters. The lowest BCUT2D eigenvalue weighted by Gasteiger charge is -2.13. The first-order chi connectivity index (χ1) is 15.6. The molecule has 0 radical (unpaired) electrons. The van der Waals surface area contributed by atoms with Gasteiger partial charge in [0.05, 0.1) is 17.0 Å². The highest BCUT2D eigenvalue weighted by atomic mass is 35.5. The van der Waals surface area contributed by atoms with Crippen molar-refractivity contribution >= 4 is 45.3 Å². The van der Waals surface area contributed by atoms with Crippen molar-refractivity contribution < 1.29 is 13.9 Å². The van der Waals surface area contributed by atoms with E-state index in [0.717, 1.165) is 5.39 Å². The molecule has 0 unspecified atom stereocenters. The van der Waals surface area contributed by atoms with Crippen molar-refractivity contribution in [2.24, 2.45) is 0 Å². The van der Waals surface area contributed by atoms with Crippen molar-refractivity contribution in [1.82, 2.24) is 9.55 Å². The topological polar surface area (TPSA) is 86.4 Å². The fourth-order valence-corrected chi connectivity index (χ4v) is 3.55. The van der Waals surface area contributed by atoms with Crippen molar-refractivity contribution in [3.8, 4) is 11.5 Å². The molecule has 0 aliphatic rings. The monoisotopic (exact) mass is 445 g/mol. The van der Waals surface area contributed by atoms with Gasteiger partial charge in [-0.25, -0.2) is 4.98 Å². The standard InChI is InChI=1S/C24H16ClN3O4/c25-16-8-2-5-11-19(16)31-20-12-6-3-9-17(20)27-21(29)13-28-14-26-22-15-7-1-4-10-18(15)32-23(22)24(28)30/h1-12,14H,13H2,(H,27,29). The summed E-state index contributed by atoms with van der Waals surface area (Å²) in [6.07, 6.45) is 1.35. The number of hydrogen-bond acceptors (Lipinski definition) is 5. The van der Waals surface area contributed by atoms with Crippen LogP contribution in [0, 0.1) is 0 Å². The number of anilines is 1. The fourth-order valence-electron chi connectivity index (χ4n) is 3.38. The first-order valence-electron chi connectivity index (χ1n) is 9.78. The van der Waals surface area contributed by atoms with Crippen LogP contribution in [0.1, 0.15) is 0 Å². The van der Waals surface area contributed by atoms with Gasteiger partial charge in [-0.1, -0.05) is 48.0 Å². The van der Waals surface area contributed by atoms with E-state index in [4.69, 9.17) is 20.8 Å². The summed E-state index contributed by atoms with van der Waals surface area (Å²) in [4.78, 5) is 29.9. The zero-order valence-corrected chi connectivity index (χ0v) is 17.4. The molecule has 32 heavy (non-hydrogen) atoms. The Hall–Kier alpha value is -4.10. The molecule has 7 nitrogen and oxygen atoms in total. The second-order valence-corrected chi connectivity index (χ2v) is 7.44. The molecular formula is C24H16ClN3O4. The Balaban J connectivity index is 1.39. The Morgan fingerprint density at radius 1 is 1.00 bits per heavy atom. The zero-order chi connectivity index (χ0) is 22.1. The number of halogens is 1. The maximum atomic E-state index is 12.8. The Morgan fingerprint density at radius 3 is 2.56 bits per heavy atom. The predicted molar refractivity (Wildman–Crippen MR) is 122 cm³/mol. The van der Waals surface area contributed by atoms with Crippen LogP contribution in [-0.2, 0) is 11.3 Å². The van der Waals surface area contributed by atoms with Crippen molar-refractivity contribution in [3.05, 3.63) is 94.5 Å². The van der Waals surface area contributed by atoms with E-state index >= 15 is 0 Å². The SMILES string of the molecule is O=C(Cn1cnc2c(oc3ccccc32)c1=O)Nc1ccccc1Oc1ccccc1Cl. The molecule has 1 amide bonds. The Labute approximate surface area is 186 Å². The number of carbonyl (C=O) groups is 1. The number of rotatable bonds is 5. The smallest absolute Gasteiger partial charge is 0.297 e. The molecule has 0 saturated heterocycles. The molecule has 0 aliphatic heterocycles. The van der Waals surface area contributed by atoms with Gasteiger partial charge in [-0.15, -0.1) is 0 Å².